The van der Waals surface area contributed by atoms with Crippen LogP contribution >= 0.6 is 0 Å². The molecule has 0 aromatic heterocycles. The summed E-state index contributed by atoms with van der Waals surface area (Å²) in [5.74, 6) is 1.02. The van der Waals surface area contributed by atoms with E-state index < -0.39 is 6.09 Å². The van der Waals surface area contributed by atoms with Crippen LogP contribution in [0.3, 0.4) is 0 Å². The van der Waals surface area contributed by atoms with Gasteiger partial charge in [-0.15, -0.1) is 0 Å². The summed E-state index contributed by atoms with van der Waals surface area (Å²) >= 11 is 0. The van der Waals surface area contributed by atoms with Gasteiger partial charge in [-0.05, 0) is 54.8 Å². The van der Waals surface area contributed by atoms with E-state index in [9.17, 15) is 9.18 Å². The molecule has 132 valence electrons. The number of nitrogens with one attached hydrogen (secondary N) is 1. The van der Waals surface area contributed by atoms with Crippen molar-refractivity contribution >= 4 is 6.09 Å². The van der Waals surface area contributed by atoms with Crippen LogP contribution in [0.4, 0.5) is 9.18 Å². The zero-order valence-electron chi connectivity index (χ0n) is 13.8. The Hall–Kier alpha value is -2.60. The highest BCUT2D eigenvalue weighted by atomic mass is 19.1. The van der Waals surface area contributed by atoms with E-state index in [2.05, 4.69) is 10.2 Å². The first-order chi connectivity index (χ1) is 12.1. The Bertz CT molecular complexity index is 713. The molecule has 0 saturated carbocycles. The molecule has 2 aromatic carbocycles. The van der Waals surface area contributed by atoms with Gasteiger partial charge >= 0.3 is 6.09 Å². The van der Waals surface area contributed by atoms with Crippen LogP contribution in [-0.2, 0) is 6.54 Å². The van der Waals surface area contributed by atoms with E-state index in [1.54, 1.807) is 12.1 Å². The Morgan fingerprint density at radius 2 is 1.88 bits per heavy atom. The molecule has 0 unspecified atom stereocenters. The maximum Gasteiger partial charge on any atom is 0.404 e. The number of ether oxygens (including phenoxy) is 1. The SMILES string of the molecule is O=C(O)NC1CCN(Cc2cccc(Oc3ccc(F)cc3)c2)CC1. The van der Waals surface area contributed by atoms with Crippen LogP contribution in [0.2, 0.25) is 0 Å². The van der Waals surface area contributed by atoms with E-state index in [0.717, 1.165) is 38.0 Å². The molecule has 0 spiro atoms. The molecule has 1 aliphatic rings. The summed E-state index contributed by atoms with van der Waals surface area (Å²) in [5, 5.41) is 11.3. The first-order valence-corrected chi connectivity index (χ1v) is 8.33. The van der Waals surface area contributed by atoms with Crippen molar-refractivity contribution in [1.29, 1.82) is 0 Å². The third-order valence-electron chi connectivity index (χ3n) is 4.27. The zero-order chi connectivity index (χ0) is 17.6. The maximum atomic E-state index is 12.9. The predicted molar refractivity (Wildman–Crippen MR) is 92.4 cm³/mol. The van der Waals surface area contributed by atoms with E-state index in [1.807, 2.05) is 24.3 Å². The van der Waals surface area contributed by atoms with Gasteiger partial charge in [-0.2, -0.15) is 0 Å². The second kappa shape index (κ2) is 7.98. The molecule has 5 nitrogen and oxygen atoms in total. The van der Waals surface area contributed by atoms with E-state index >= 15 is 0 Å². The quantitative estimate of drug-likeness (QED) is 0.865. The Labute approximate surface area is 146 Å². The number of nitrogens with zero attached hydrogens (tertiary/aromatic N) is 1. The van der Waals surface area contributed by atoms with Gasteiger partial charge in [-0.3, -0.25) is 4.90 Å². The van der Waals surface area contributed by atoms with Gasteiger partial charge in [0.2, 0.25) is 0 Å². The Morgan fingerprint density at radius 3 is 2.56 bits per heavy atom. The van der Waals surface area contributed by atoms with Gasteiger partial charge < -0.3 is 15.2 Å². The first-order valence-electron chi connectivity index (χ1n) is 8.33. The summed E-state index contributed by atoms with van der Waals surface area (Å²) in [7, 11) is 0. The molecule has 0 bridgehead atoms. The van der Waals surface area contributed by atoms with Crippen LogP contribution in [0.1, 0.15) is 18.4 Å². The molecule has 1 aliphatic heterocycles. The van der Waals surface area contributed by atoms with Gasteiger partial charge in [0.25, 0.3) is 0 Å². The lowest BCUT2D eigenvalue weighted by Crippen LogP contribution is -2.43. The number of likely N-dealkylation sites (tertiary alicyclic amines) is 1. The fraction of sp³-hybridized carbons (Fsp3) is 0.316. The van der Waals surface area contributed by atoms with E-state index in [0.29, 0.717) is 11.5 Å². The Balaban J connectivity index is 1.55. The van der Waals surface area contributed by atoms with Gasteiger partial charge in [0, 0.05) is 25.7 Å². The Kier molecular flexibility index (Phi) is 5.50. The second-order valence-corrected chi connectivity index (χ2v) is 6.20. The molecule has 1 saturated heterocycles. The van der Waals surface area contributed by atoms with Crippen LogP contribution in [0.5, 0.6) is 11.5 Å². The van der Waals surface area contributed by atoms with Crippen LogP contribution in [0, 0.1) is 5.82 Å². The molecular weight excluding hydrogens is 323 g/mol. The summed E-state index contributed by atoms with van der Waals surface area (Å²) in [5.41, 5.74) is 1.13. The average Bonchev–Trinajstić information content (AvgIpc) is 2.59. The third kappa shape index (κ3) is 5.19. The lowest BCUT2D eigenvalue weighted by molar-refractivity contribution is 0.165. The normalized spacial score (nSPS) is 15.7. The average molecular weight is 344 g/mol. The lowest BCUT2D eigenvalue weighted by Gasteiger charge is -2.31. The minimum absolute atomic E-state index is 0.0434. The van der Waals surface area contributed by atoms with Gasteiger partial charge in [0.05, 0.1) is 0 Å². The van der Waals surface area contributed by atoms with Crippen molar-refractivity contribution < 1.29 is 19.0 Å². The highest BCUT2D eigenvalue weighted by molar-refractivity contribution is 5.64. The number of hydrogen-bond acceptors (Lipinski definition) is 3. The number of hydrogen-bond donors (Lipinski definition) is 2. The number of halogens is 1. The molecule has 2 aromatic rings. The van der Waals surface area contributed by atoms with Crippen molar-refractivity contribution in [1.82, 2.24) is 10.2 Å². The molecule has 0 atom stereocenters. The van der Waals surface area contributed by atoms with Crippen LogP contribution in [0.15, 0.2) is 48.5 Å². The number of benzene rings is 2. The number of rotatable bonds is 5. The summed E-state index contributed by atoms with van der Waals surface area (Å²) in [6.45, 7) is 2.50. The summed E-state index contributed by atoms with van der Waals surface area (Å²) in [4.78, 5) is 13.0. The molecule has 1 amide bonds. The van der Waals surface area contributed by atoms with Crippen molar-refractivity contribution in [2.24, 2.45) is 0 Å². The zero-order valence-corrected chi connectivity index (χ0v) is 13.8. The van der Waals surface area contributed by atoms with Gasteiger partial charge in [-0.1, -0.05) is 12.1 Å². The van der Waals surface area contributed by atoms with Crippen molar-refractivity contribution in [2.75, 3.05) is 13.1 Å². The van der Waals surface area contributed by atoms with Crippen molar-refractivity contribution in [2.45, 2.75) is 25.4 Å². The summed E-state index contributed by atoms with van der Waals surface area (Å²) in [6.07, 6.45) is 0.681. The monoisotopic (exact) mass is 344 g/mol. The number of amides is 1. The molecule has 2 N–H and O–H groups in total. The van der Waals surface area contributed by atoms with Gasteiger partial charge in [-0.25, -0.2) is 9.18 Å². The van der Waals surface area contributed by atoms with Gasteiger partial charge in [0.1, 0.15) is 17.3 Å². The lowest BCUT2D eigenvalue weighted by atomic mass is 10.0. The predicted octanol–water partition coefficient (Wildman–Crippen LogP) is 3.85. The fourth-order valence-corrected chi connectivity index (χ4v) is 3.01. The summed E-state index contributed by atoms with van der Waals surface area (Å²) in [6, 6.07) is 13.8. The summed E-state index contributed by atoms with van der Waals surface area (Å²) < 4.78 is 18.7. The van der Waals surface area contributed by atoms with Crippen molar-refractivity contribution in [3.8, 4) is 11.5 Å². The van der Waals surface area contributed by atoms with Gasteiger partial charge in [0.15, 0.2) is 0 Å². The minimum atomic E-state index is -0.955. The smallest absolute Gasteiger partial charge is 0.404 e. The molecule has 25 heavy (non-hydrogen) atoms. The second-order valence-electron chi connectivity index (χ2n) is 6.20. The highest BCUT2D eigenvalue weighted by Gasteiger charge is 2.20. The first kappa shape index (κ1) is 17.2. The largest absolute Gasteiger partial charge is 0.465 e. The maximum absolute atomic E-state index is 12.9. The van der Waals surface area contributed by atoms with Crippen LogP contribution in [-0.4, -0.2) is 35.2 Å². The van der Waals surface area contributed by atoms with Crippen molar-refractivity contribution in [3.05, 3.63) is 59.9 Å². The Morgan fingerprint density at radius 1 is 1.16 bits per heavy atom. The number of carboxylic acid groups (broad SMARTS) is 1. The number of carbonyl (C=O) groups is 1. The molecular formula is C19H21FN2O3. The molecule has 6 heteroatoms. The molecule has 3 rings (SSSR count). The molecule has 0 aliphatic carbocycles. The van der Waals surface area contributed by atoms with Crippen molar-refractivity contribution in [3.63, 3.8) is 0 Å². The molecule has 1 heterocycles. The standard InChI is InChI=1S/C19H21FN2O3/c20-15-4-6-17(7-5-15)25-18-3-1-2-14(12-18)13-22-10-8-16(9-11-22)21-19(23)24/h1-7,12,16,21H,8-11,13H2,(H,23,24). The fourth-order valence-electron chi connectivity index (χ4n) is 3.01. The minimum Gasteiger partial charge on any atom is -0.465 e. The van der Waals surface area contributed by atoms with Crippen LogP contribution < -0.4 is 10.1 Å². The molecule has 0 radical (unpaired) electrons. The molecule has 1 fully saturated rings. The highest BCUT2D eigenvalue weighted by Crippen LogP contribution is 2.23. The third-order valence-corrected chi connectivity index (χ3v) is 4.27. The topological polar surface area (TPSA) is 61.8 Å². The number of piperidine rings is 1. The van der Waals surface area contributed by atoms with E-state index in [1.165, 1.54) is 12.1 Å². The van der Waals surface area contributed by atoms with E-state index in [-0.39, 0.29) is 11.9 Å². The van der Waals surface area contributed by atoms with E-state index in [4.69, 9.17) is 9.84 Å². The van der Waals surface area contributed by atoms with Crippen LogP contribution in [0.25, 0.3) is 0 Å².